The van der Waals surface area contributed by atoms with Crippen LogP contribution in [0, 0.1) is 6.92 Å². The van der Waals surface area contributed by atoms with E-state index in [1.54, 1.807) is 44.4 Å². The highest BCUT2D eigenvalue weighted by Crippen LogP contribution is 2.28. The standard InChI is InChI=1S/C26H36N4O6/c1-17-15-21(29-36-17)27-22(31)12-13-23(32)30(16-20-7-6-14-35-20)24(25(33)28-26(2,3)4)18-8-10-19(34-5)11-9-18/h8-11,15,20,24H,6-7,12-14,16H2,1-5H3,(H,28,33)(H,27,29,31)/t20-,24+/m0/s1. The number of aryl methyl sites for hydroxylation is 1. The first kappa shape index (κ1) is 27.2. The van der Waals surface area contributed by atoms with Gasteiger partial charge in [-0.05, 0) is 58.2 Å². The summed E-state index contributed by atoms with van der Waals surface area (Å²) < 4.78 is 16.0. The molecule has 196 valence electrons. The number of ether oxygens (including phenoxy) is 2. The number of carbonyl (C=O) groups excluding carboxylic acids is 3. The van der Waals surface area contributed by atoms with Crippen LogP contribution in [0.25, 0.3) is 0 Å². The van der Waals surface area contributed by atoms with Crippen molar-refractivity contribution < 1.29 is 28.4 Å². The summed E-state index contributed by atoms with van der Waals surface area (Å²) in [6.45, 7) is 8.25. The third kappa shape index (κ3) is 7.81. The van der Waals surface area contributed by atoms with E-state index in [0.29, 0.717) is 29.5 Å². The van der Waals surface area contributed by atoms with Gasteiger partial charge in [-0.2, -0.15) is 0 Å². The summed E-state index contributed by atoms with van der Waals surface area (Å²) in [5.41, 5.74) is 0.141. The van der Waals surface area contributed by atoms with Crippen molar-refractivity contribution in [3.63, 3.8) is 0 Å². The maximum absolute atomic E-state index is 13.6. The van der Waals surface area contributed by atoms with Gasteiger partial charge in [0.1, 0.15) is 17.6 Å². The third-order valence-corrected chi connectivity index (χ3v) is 5.70. The second-order valence-corrected chi connectivity index (χ2v) is 9.97. The van der Waals surface area contributed by atoms with E-state index in [-0.39, 0.29) is 43.2 Å². The van der Waals surface area contributed by atoms with Crippen molar-refractivity contribution >= 4 is 23.5 Å². The Morgan fingerprint density at radius 2 is 1.92 bits per heavy atom. The fraction of sp³-hybridized carbons (Fsp3) is 0.538. The number of carbonyl (C=O) groups is 3. The topological polar surface area (TPSA) is 123 Å². The first-order valence-corrected chi connectivity index (χ1v) is 12.2. The number of nitrogens with one attached hydrogen (secondary N) is 2. The number of rotatable bonds is 10. The van der Waals surface area contributed by atoms with Crippen LogP contribution in [-0.4, -0.2) is 59.7 Å². The number of hydrogen-bond donors (Lipinski definition) is 2. The quantitative estimate of drug-likeness (QED) is 0.513. The summed E-state index contributed by atoms with van der Waals surface area (Å²) >= 11 is 0. The lowest BCUT2D eigenvalue weighted by atomic mass is 10.00. The molecule has 1 fully saturated rings. The smallest absolute Gasteiger partial charge is 0.247 e. The Kier molecular flexibility index (Phi) is 9.08. The Morgan fingerprint density at radius 1 is 1.19 bits per heavy atom. The Hall–Kier alpha value is -3.40. The monoisotopic (exact) mass is 500 g/mol. The minimum absolute atomic E-state index is 0.0665. The molecule has 2 heterocycles. The normalized spacial score (nSPS) is 16.3. The summed E-state index contributed by atoms with van der Waals surface area (Å²) in [7, 11) is 1.57. The Morgan fingerprint density at radius 3 is 2.47 bits per heavy atom. The zero-order valence-corrected chi connectivity index (χ0v) is 21.6. The van der Waals surface area contributed by atoms with Crippen LogP contribution >= 0.6 is 0 Å². The number of hydrogen-bond acceptors (Lipinski definition) is 7. The molecule has 1 aromatic carbocycles. The van der Waals surface area contributed by atoms with E-state index in [1.807, 2.05) is 20.8 Å². The fourth-order valence-electron chi connectivity index (χ4n) is 4.05. The molecule has 1 aromatic heterocycles. The highest BCUT2D eigenvalue weighted by Gasteiger charge is 2.35. The fourth-order valence-corrected chi connectivity index (χ4v) is 4.05. The van der Waals surface area contributed by atoms with Crippen molar-refractivity contribution in [3.8, 4) is 5.75 Å². The van der Waals surface area contributed by atoms with E-state index in [4.69, 9.17) is 14.0 Å². The van der Waals surface area contributed by atoms with Gasteiger partial charge in [0.2, 0.25) is 17.7 Å². The summed E-state index contributed by atoms with van der Waals surface area (Å²) in [6.07, 6.45) is 1.37. The molecule has 3 amide bonds. The second kappa shape index (κ2) is 12.0. The summed E-state index contributed by atoms with van der Waals surface area (Å²) in [5, 5.41) is 9.37. The van der Waals surface area contributed by atoms with Crippen LogP contribution < -0.4 is 15.4 Å². The third-order valence-electron chi connectivity index (χ3n) is 5.70. The molecule has 0 bridgehead atoms. The summed E-state index contributed by atoms with van der Waals surface area (Å²) in [4.78, 5) is 41.1. The van der Waals surface area contributed by atoms with Gasteiger partial charge in [-0.15, -0.1) is 0 Å². The number of anilines is 1. The number of aromatic nitrogens is 1. The van der Waals surface area contributed by atoms with Gasteiger partial charge in [-0.25, -0.2) is 0 Å². The van der Waals surface area contributed by atoms with Gasteiger partial charge >= 0.3 is 0 Å². The van der Waals surface area contributed by atoms with Crippen molar-refractivity contribution in [1.29, 1.82) is 0 Å². The van der Waals surface area contributed by atoms with Crippen LogP contribution in [0.5, 0.6) is 5.75 Å². The molecule has 10 heteroatoms. The van der Waals surface area contributed by atoms with Gasteiger partial charge in [0, 0.05) is 37.6 Å². The van der Waals surface area contributed by atoms with Gasteiger partial charge in [0.15, 0.2) is 5.82 Å². The van der Waals surface area contributed by atoms with Crippen LogP contribution in [0.15, 0.2) is 34.9 Å². The molecule has 2 N–H and O–H groups in total. The van der Waals surface area contributed by atoms with Crippen molar-refractivity contribution in [3.05, 3.63) is 41.7 Å². The maximum Gasteiger partial charge on any atom is 0.247 e. The summed E-state index contributed by atoms with van der Waals surface area (Å²) in [5.74, 6) is 0.515. The zero-order valence-electron chi connectivity index (χ0n) is 21.6. The van der Waals surface area contributed by atoms with E-state index in [2.05, 4.69) is 15.8 Å². The molecule has 1 aliphatic heterocycles. The van der Waals surface area contributed by atoms with Gasteiger partial charge in [0.05, 0.1) is 13.2 Å². The Labute approximate surface area is 211 Å². The van der Waals surface area contributed by atoms with Crippen LogP contribution in [0.4, 0.5) is 5.82 Å². The first-order valence-electron chi connectivity index (χ1n) is 12.2. The molecule has 1 saturated heterocycles. The lowest BCUT2D eigenvalue weighted by molar-refractivity contribution is -0.143. The molecular formula is C26H36N4O6. The molecule has 2 aromatic rings. The van der Waals surface area contributed by atoms with E-state index in [9.17, 15) is 14.4 Å². The van der Waals surface area contributed by atoms with Crippen LogP contribution in [0.2, 0.25) is 0 Å². The first-order chi connectivity index (χ1) is 17.1. The predicted molar refractivity (Wildman–Crippen MR) is 133 cm³/mol. The highest BCUT2D eigenvalue weighted by molar-refractivity contribution is 5.94. The number of amides is 3. The lowest BCUT2D eigenvalue weighted by Gasteiger charge is -2.35. The molecule has 0 spiro atoms. The highest BCUT2D eigenvalue weighted by atomic mass is 16.5. The van der Waals surface area contributed by atoms with E-state index < -0.39 is 11.6 Å². The molecule has 2 atom stereocenters. The van der Waals surface area contributed by atoms with Gasteiger partial charge in [0.25, 0.3) is 0 Å². The molecule has 0 radical (unpaired) electrons. The molecule has 10 nitrogen and oxygen atoms in total. The van der Waals surface area contributed by atoms with E-state index in [0.717, 1.165) is 12.8 Å². The average Bonchev–Trinajstić information content (AvgIpc) is 3.48. The van der Waals surface area contributed by atoms with Gasteiger partial charge in [-0.1, -0.05) is 17.3 Å². The Bertz CT molecular complexity index is 1040. The van der Waals surface area contributed by atoms with Crippen LogP contribution in [0.1, 0.15) is 63.8 Å². The molecule has 0 unspecified atom stereocenters. The van der Waals surface area contributed by atoms with Crippen molar-refractivity contribution in [1.82, 2.24) is 15.4 Å². The SMILES string of the molecule is COc1ccc([C@H](C(=O)NC(C)(C)C)N(C[C@@H]2CCCO2)C(=O)CCC(=O)Nc2cc(C)on2)cc1. The van der Waals surface area contributed by atoms with Crippen molar-refractivity contribution in [2.75, 3.05) is 25.6 Å². The molecule has 3 rings (SSSR count). The molecule has 0 aliphatic carbocycles. The summed E-state index contributed by atoms with van der Waals surface area (Å²) in [6, 6.07) is 7.78. The van der Waals surface area contributed by atoms with Gasteiger partial charge < -0.3 is 29.5 Å². The second-order valence-electron chi connectivity index (χ2n) is 9.97. The van der Waals surface area contributed by atoms with Crippen molar-refractivity contribution in [2.45, 2.75) is 71.1 Å². The van der Waals surface area contributed by atoms with Crippen LogP contribution in [-0.2, 0) is 19.1 Å². The number of methoxy groups -OCH3 is 1. The molecule has 36 heavy (non-hydrogen) atoms. The van der Waals surface area contributed by atoms with E-state index in [1.165, 1.54) is 4.90 Å². The molecular weight excluding hydrogens is 464 g/mol. The zero-order chi connectivity index (χ0) is 26.3. The van der Waals surface area contributed by atoms with E-state index >= 15 is 0 Å². The minimum Gasteiger partial charge on any atom is -0.497 e. The number of nitrogens with zero attached hydrogens (tertiary/aromatic N) is 2. The van der Waals surface area contributed by atoms with Crippen LogP contribution in [0.3, 0.4) is 0 Å². The molecule has 0 saturated carbocycles. The number of benzene rings is 1. The lowest BCUT2D eigenvalue weighted by Crippen LogP contribution is -2.50. The Balaban J connectivity index is 1.84. The van der Waals surface area contributed by atoms with Crippen molar-refractivity contribution in [2.24, 2.45) is 0 Å². The van der Waals surface area contributed by atoms with Gasteiger partial charge in [-0.3, -0.25) is 14.4 Å². The average molecular weight is 501 g/mol. The molecule has 1 aliphatic rings. The maximum atomic E-state index is 13.6. The minimum atomic E-state index is -0.895. The predicted octanol–water partition coefficient (Wildman–Crippen LogP) is 3.37. The largest absolute Gasteiger partial charge is 0.497 e.